The van der Waals surface area contributed by atoms with Gasteiger partial charge in [0.25, 0.3) is 0 Å². The zero-order valence-electron chi connectivity index (χ0n) is 15.4. The van der Waals surface area contributed by atoms with Crippen molar-refractivity contribution in [1.82, 2.24) is 5.32 Å². The number of rotatable bonds is 6. The molecule has 0 heterocycles. The van der Waals surface area contributed by atoms with E-state index in [0.29, 0.717) is 36.5 Å². The molecule has 0 bridgehead atoms. The molecule has 138 valence electrons. The van der Waals surface area contributed by atoms with Gasteiger partial charge in [-0.3, -0.25) is 4.79 Å². The largest absolute Gasteiger partial charge is 0.376 e. The third-order valence-corrected chi connectivity index (χ3v) is 4.56. The van der Waals surface area contributed by atoms with Crippen LogP contribution in [-0.2, 0) is 9.53 Å². The molecule has 1 aliphatic carbocycles. The molecule has 0 aromatic heterocycles. The van der Waals surface area contributed by atoms with Gasteiger partial charge in [0, 0.05) is 24.8 Å². The summed E-state index contributed by atoms with van der Waals surface area (Å²) in [6, 6.07) is 5.13. The minimum absolute atomic E-state index is 0.140. The highest BCUT2D eigenvalue weighted by atomic mass is 16.5. The van der Waals surface area contributed by atoms with E-state index in [-0.39, 0.29) is 11.9 Å². The Hall–Kier alpha value is -2.08. The Morgan fingerprint density at radius 1 is 1.20 bits per heavy atom. The van der Waals surface area contributed by atoms with Gasteiger partial charge in [-0.1, -0.05) is 25.8 Å². The van der Waals surface area contributed by atoms with Gasteiger partial charge in [-0.25, -0.2) is 4.79 Å². The number of hydrogen-bond acceptors (Lipinski definition) is 3. The standard InChI is InChI=1S/C19H29N3O3/c1-13-8-9-16(12-17(13)21-15(3)23)22-19(24)20-10-11-25-18-7-5-4-6-14(18)2/h8-9,12,14,18H,4-7,10-11H2,1-3H3,(H,21,23)(H2,20,22,24)/t14-,18-/m1/s1. The van der Waals surface area contributed by atoms with Gasteiger partial charge in [0.2, 0.25) is 5.91 Å². The SMILES string of the molecule is CC(=O)Nc1cc(NC(=O)NCCO[C@@H]2CCCC[C@H]2C)ccc1C. The first kappa shape index (κ1) is 19.2. The van der Waals surface area contributed by atoms with Crippen LogP contribution in [0.25, 0.3) is 0 Å². The Balaban J connectivity index is 1.73. The molecule has 0 spiro atoms. The number of aryl methyl sites for hydroxylation is 1. The number of carbonyl (C=O) groups excluding carboxylic acids is 2. The average Bonchev–Trinajstić information content (AvgIpc) is 2.56. The first-order chi connectivity index (χ1) is 12.0. The van der Waals surface area contributed by atoms with Gasteiger partial charge in [0.15, 0.2) is 0 Å². The topological polar surface area (TPSA) is 79.5 Å². The predicted molar refractivity (Wildman–Crippen MR) is 99.9 cm³/mol. The van der Waals surface area contributed by atoms with Crippen LogP contribution in [0.4, 0.5) is 16.2 Å². The van der Waals surface area contributed by atoms with Crippen LogP contribution in [0.3, 0.4) is 0 Å². The molecule has 0 saturated heterocycles. The molecule has 1 aromatic carbocycles. The molecule has 0 unspecified atom stereocenters. The summed E-state index contributed by atoms with van der Waals surface area (Å²) in [6.07, 6.45) is 5.17. The molecule has 2 rings (SSSR count). The van der Waals surface area contributed by atoms with Crippen molar-refractivity contribution in [2.45, 2.75) is 52.6 Å². The fraction of sp³-hybridized carbons (Fsp3) is 0.579. The summed E-state index contributed by atoms with van der Waals surface area (Å²) in [7, 11) is 0. The third-order valence-electron chi connectivity index (χ3n) is 4.56. The lowest BCUT2D eigenvalue weighted by molar-refractivity contribution is -0.114. The minimum atomic E-state index is -0.280. The number of urea groups is 1. The summed E-state index contributed by atoms with van der Waals surface area (Å²) in [5.74, 6) is 0.459. The van der Waals surface area contributed by atoms with E-state index >= 15 is 0 Å². The molecule has 0 radical (unpaired) electrons. The third kappa shape index (κ3) is 6.38. The van der Waals surface area contributed by atoms with Crippen molar-refractivity contribution in [3.05, 3.63) is 23.8 Å². The number of hydrogen-bond donors (Lipinski definition) is 3. The van der Waals surface area contributed by atoms with Crippen LogP contribution in [0, 0.1) is 12.8 Å². The van der Waals surface area contributed by atoms with E-state index in [1.807, 2.05) is 13.0 Å². The van der Waals surface area contributed by atoms with E-state index in [1.54, 1.807) is 12.1 Å². The van der Waals surface area contributed by atoms with Gasteiger partial charge < -0.3 is 20.7 Å². The molecule has 1 fully saturated rings. The maximum absolute atomic E-state index is 12.0. The minimum Gasteiger partial charge on any atom is -0.376 e. The second-order valence-corrected chi connectivity index (χ2v) is 6.76. The lowest BCUT2D eigenvalue weighted by Gasteiger charge is -2.28. The van der Waals surface area contributed by atoms with Crippen LogP contribution in [0.5, 0.6) is 0 Å². The average molecular weight is 347 g/mol. The molecule has 1 aliphatic rings. The van der Waals surface area contributed by atoms with Crippen LogP contribution >= 0.6 is 0 Å². The monoisotopic (exact) mass is 347 g/mol. The first-order valence-corrected chi connectivity index (χ1v) is 9.00. The molecular weight excluding hydrogens is 318 g/mol. The Kier molecular flexibility index (Phi) is 7.25. The van der Waals surface area contributed by atoms with Crippen LogP contribution in [0.1, 0.15) is 45.1 Å². The normalized spacial score (nSPS) is 20.0. The summed E-state index contributed by atoms with van der Waals surface area (Å²) in [6.45, 7) is 6.58. The molecule has 6 heteroatoms. The van der Waals surface area contributed by atoms with Gasteiger partial charge in [-0.2, -0.15) is 0 Å². The number of benzene rings is 1. The van der Waals surface area contributed by atoms with Crippen LogP contribution < -0.4 is 16.0 Å². The highest BCUT2D eigenvalue weighted by molar-refractivity contribution is 5.93. The molecule has 25 heavy (non-hydrogen) atoms. The van der Waals surface area contributed by atoms with E-state index in [0.717, 1.165) is 12.0 Å². The van der Waals surface area contributed by atoms with E-state index in [9.17, 15) is 9.59 Å². The van der Waals surface area contributed by atoms with Crippen molar-refractivity contribution in [3.8, 4) is 0 Å². The molecule has 1 aromatic rings. The Bertz CT molecular complexity index is 604. The van der Waals surface area contributed by atoms with Gasteiger partial charge in [-0.05, 0) is 43.4 Å². The fourth-order valence-electron chi connectivity index (χ4n) is 3.10. The van der Waals surface area contributed by atoms with Crippen molar-refractivity contribution in [3.63, 3.8) is 0 Å². The summed E-state index contributed by atoms with van der Waals surface area (Å²) in [4.78, 5) is 23.2. The maximum atomic E-state index is 12.0. The number of amides is 3. The molecule has 0 aliphatic heterocycles. The maximum Gasteiger partial charge on any atom is 0.319 e. The van der Waals surface area contributed by atoms with Gasteiger partial charge in [0.1, 0.15) is 0 Å². The number of nitrogens with one attached hydrogen (secondary N) is 3. The van der Waals surface area contributed by atoms with E-state index in [2.05, 4.69) is 22.9 Å². The number of ether oxygens (including phenoxy) is 1. The lowest BCUT2D eigenvalue weighted by atomic mass is 9.88. The summed E-state index contributed by atoms with van der Waals surface area (Å²) in [5.41, 5.74) is 2.27. The zero-order valence-corrected chi connectivity index (χ0v) is 15.4. The molecule has 1 saturated carbocycles. The van der Waals surface area contributed by atoms with Gasteiger partial charge in [0.05, 0.1) is 12.7 Å². The smallest absolute Gasteiger partial charge is 0.319 e. The number of carbonyl (C=O) groups is 2. The lowest BCUT2D eigenvalue weighted by Crippen LogP contribution is -2.34. The van der Waals surface area contributed by atoms with Crippen molar-refractivity contribution >= 4 is 23.3 Å². The molecular formula is C19H29N3O3. The summed E-state index contributed by atoms with van der Waals surface area (Å²) >= 11 is 0. The zero-order chi connectivity index (χ0) is 18.2. The highest BCUT2D eigenvalue weighted by Gasteiger charge is 2.21. The van der Waals surface area contributed by atoms with Gasteiger partial charge >= 0.3 is 6.03 Å². The van der Waals surface area contributed by atoms with Crippen molar-refractivity contribution < 1.29 is 14.3 Å². The summed E-state index contributed by atoms with van der Waals surface area (Å²) < 4.78 is 5.88. The molecule has 6 nitrogen and oxygen atoms in total. The van der Waals surface area contributed by atoms with E-state index < -0.39 is 0 Å². The molecule has 3 amide bonds. The highest BCUT2D eigenvalue weighted by Crippen LogP contribution is 2.26. The summed E-state index contributed by atoms with van der Waals surface area (Å²) in [5, 5.41) is 8.32. The fourth-order valence-corrected chi connectivity index (χ4v) is 3.10. The van der Waals surface area contributed by atoms with Gasteiger partial charge in [-0.15, -0.1) is 0 Å². The van der Waals surface area contributed by atoms with Crippen molar-refractivity contribution in [1.29, 1.82) is 0 Å². The Labute approximate surface area is 149 Å². The second-order valence-electron chi connectivity index (χ2n) is 6.76. The van der Waals surface area contributed by atoms with Crippen LogP contribution in [-0.4, -0.2) is 31.2 Å². The molecule has 2 atom stereocenters. The quantitative estimate of drug-likeness (QED) is 0.687. The van der Waals surface area contributed by atoms with E-state index in [1.165, 1.54) is 26.2 Å². The first-order valence-electron chi connectivity index (χ1n) is 9.00. The van der Waals surface area contributed by atoms with Crippen LogP contribution in [0.15, 0.2) is 18.2 Å². The Morgan fingerprint density at radius 2 is 1.96 bits per heavy atom. The predicted octanol–water partition coefficient (Wildman–Crippen LogP) is 3.67. The second kappa shape index (κ2) is 9.42. The molecule has 3 N–H and O–H groups in total. The van der Waals surface area contributed by atoms with Crippen LogP contribution in [0.2, 0.25) is 0 Å². The Morgan fingerprint density at radius 3 is 2.68 bits per heavy atom. The van der Waals surface area contributed by atoms with E-state index in [4.69, 9.17) is 4.74 Å². The number of anilines is 2. The van der Waals surface area contributed by atoms with Crippen molar-refractivity contribution in [2.75, 3.05) is 23.8 Å². The van der Waals surface area contributed by atoms with Crippen molar-refractivity contribution in [2.24, 2.45) is 5.92 Å².